The van der Waals surface area contributed by atoms with E-state index in [0.29, 0.717) is 5.92 Å². The first-order chi connectivity index (χ1) is 8.63. The highest BCUT2D eigenvalue weighted by Crippen LogP contribution is 2.23. The van der Waals surface area contributed by atoms with Crippen molar-refractivity contribution < 1.29 is 0 Å². The predicted molar refractivity (Wildman–Crippen MR) is 82.7 cm³/mol. The van der Waals surface area contributed by atoms with E-state index >= 15 is 0 Å². The molecule has 3 nitrogen and oxygen atoms in total. The first-order valence-corrected chi connectivity index (χ1v) is 8.86. The van der Waals surface area contributed by atoms with Crippen molar-refractivity contribution in [1.82, 2.24) is 15.5 Å². The fraction of sp³-hybridized carbons (Fsp3) is 0.846. The van der Waals surface area contributed by atoms with Crippen molar-refractivity contribution in [3.05, 3.63) is 10.0 Å². The summed E-state index contributed by atoms with van der Waals surface area (Å²) in [5.74, 6) is 2.39. The Morgan fingerprint density at radius 3 is 2.72 bits per heavy atom. The molecule has 0 aromatic carbocycles. The lowest BCUT2D eigenvalue weighted by molar-refractivity contribution is 0.542. The standard InChI is InChI=1S/C13H25N3S2/c1-10(2)8-14-7-5-6-12-15-16-13(18-12)11(3)9-17-4/h10-11,14H,5-9H2,1-4H3. The van der Waals surface area contributed by atoms with Crippen molar-refractivity contribution in [2.24, 2.45) is 5.92 Å². The molecule has 1 aromatic heterocycles. The quantitative estimate of drug-likeness (QED) is 0.708. The van der Waals surface area contributed by atoms with Crippen molar-refractivity contribution in [3.8, 4) is 0 Å². The summed E-state index contributed by atoms with van der Waals surface area (Å²) in [5, 5.41) is 14.4. The van der Waals surface area contributed by atoms with Gasteiger partial charge in [0.2, 0.25) is 0 Å². The third kappa shape index (κ3) is 6.16. The summed E-state index contributed by atoms with van der Waals surface area (Å²) in [7, 11) is 0. The molecule has 5 heteroatoms. The van der Waals surface area contributed by atoms with Gasteiger partial charge < -0.3 is 5.32 Å². The maximum Gasteiger partial charge on any atom is 0.121 e. The number of thioether (sulfide) groups is 1. The minimum atomic E-state index is 0.533. The van der Waals surface area contributed by atoms with Gasteiger partial charge in [-0.1, -0.05) is 20.8 Å². The van der Waals surface area contributed by atoms with Gasteiger partial charge >= 0.3 is 0 Å². The van der Waals surface area contributed by atoms with Crippen molar-refractivity contribution >= 4 is 23.1 Å². The summed E-state index contributed by atoms with van der Waals surface area (Å²) in [5.41, 5.74) is 0. The molecule has 0 fully saturated rings. The number of aromatic nitrogens is 2. The van der Waals surface area contributed by atoms with Crippen LogP contribution in [-0.2, 0) is 6.42 Å². The van der Waals surface area contributed by atoms with Gasteiger partial charge in [-0.3, -0.25) is 0 Å². The minimum absolute atomic E-state index is 0.533. The van der Waals surface area contributed by atoms with E-state index in [1.165, 1.54) is 10.0 Å². The highest BCUT2D eigenvalue weighted by atomic mass is 32.2. The summed E-state index contributed by atoms with van der Waals surface area (Å²) < 4.78 is 0. The van der Waals surface area contributed by atoms with Gasteiger partial charge in [-0.2, -0.15) is 11.8 Å². The van der Waals surface area contributed by atoms with E-state index < -0.39 is 0 Å². The van der Waals surface area contributed by atoms with Gasteiger partial charge in [0.15, 0.2) is 0 Å². The second kappa shape index (κ2) is 8.88. The van der Waals surface area contributed by atoms with E-state index in [1.54, 1.807) is 11.3 Å². The number of rotatable bonds is 9. The molecule has 0 amide bonds. The summed E-state index contributed by atoms with van der Waals surface area (Å²) >= 11 is 3.65. The molecule has 1 heterocycles. The molecule has 0 radical (unpaired) electrons. The van der Waals surface area contributed by atoms with Crippen LogP contribution in [-0.4, -0.2) is 35.3 Å². The van der Waals surface area contributed by atoms with E-state index in [4.69, 9.17) is 0 Å². The summed E-state index contributed by atoms with van der Waals surface area (Å²) in [6.07, 6.45) is 4.34. The molecule has 1 atom stereocenters. The van der Waals surface area contributed by atoms with Crippen LogP contribution in [0.3, 0.4) is 0 Å². The second-order valence-electron chi connectivity index (χ2n) is 5.09. The first kappa shape index (κ1) is 15.9. The molecule has 1 rings (SSSR count). The van der Waals surface area contributed by atoms with Crippen LogP contribution in [0.1, 0.15) is 43.1 Å². The van der Waals surface area contributed by atoms with Gasteiger partial charge in [0.25, 0.3) is 0 Å². The fourth-order valence-electron chi connectivity index (χ4n) is 1.64. The Morgan fingerprint density at radius 2 is 2.06 bits per heavy atom. The average molecular weight is 287 g/mol. The minimum Gasteiger partial charge on any atom is -0.316 e. The highest BCUT2D eigenvalue weighted by Gasteiger charge is 2.11. The van der Waals surface area contributed by atoms with Crippen LogP contribution in [0.15, 0.2) is 0 Å². The molecule has 0 aliphatic heterocycles. The third-order valence-electron chi connectivity index (χ3n) is 2.62. The Balaban J connectivity index is 2.23. The third-order valence-corrected chi connectivity index (χ3v) is 4.67. The van der Waals surface area contributed by atoms with Crippen LogP contribution in [0.4, 0.5) is 0 Å². The van der Waals surface area contributed by atoms with Crippen LogP contribution >= 0.6 is 23.1 Å². The highest BCUT2D eigenvalue weighted by molar-refractivity contribution is 7.98. The molecule has 0 aliphatic carbocycles. The lowest BCUT2D eigenvalue weighted by atomic mass is 10.2. The summed E-state index contributed by atoms with van der Waals surface area (Å²) in [4.78, 5) is 0. The SMILES string of the molecule is CSCC(C)c1nnc(CCCNCC(C)C)s1. The predicted octanol–water partition coefficient (Wildman–Crippen LogP) is 3.18. The molecule has 0 spiro atoms. The number of nitrogens with zero attached hydrogens (tertiary/aromatic N) is 2. The van der Waals surface area contributed by atoms with Crippen molar-refractivity contribution in [2.45, 2.75) is 39.5 Å². The molecule has 1 N–H and O–H groups in total. The zero-order valence-corrected chi connectivity index (χ0v) is 13.5. The molecule has 0 bridgehead atoms. The number of aryl methyl sites for hydroxylation is 1. The van der Waals surface area contributed by atoms with Crippen LogP contribution in [0.25, 0.3) is 0 Å². The molecular weight excluding hydrogens is 262 g/mol. The molecule has 1 unspecified atom stereocenters. The van der Waals surface area contributed by atoms with Crippen LogP contribution in [0.5, 0.6) is 0 Å². The van der Waals surface area contributed by atoms with Gasteiger partial charge in [-0.05, 0) is 31.7 Å². The van der Waals surface area contributed by atoms with Gasteiger partial charge in [0, 0.05) is 18.1 Å². The lowest BCUT2D eigenvalue weighted by Crippen LogP contribution is -2.21. The Bertz CT molecular complexity index is 326. The zero-order chi connectivity index (χ0) is 13.4. The van der Waals surface area contributed by atoms with Gasteiger partial charge in [0.1, 0.15) is 10.0 Å². The molecular formula is C13H25N3S2. The van der Waals surface area contributed by atoms with E-state index in [9.17, 15) is 0 Å². The summed E-state index contributed by atoms with van der Waals surface area (Å²) in [6.45, 7) is 8.87. The topological polar surface area (TPSA) is 37.8 Å². The lowest BCUT2D eigenvalue weighted by Gasteiger charge is -2.05. The largest absolute Gasteiger partial charge is 0.316 e. The van der Waals surface area contributed by atoms with Gasteiger partial charge in [0.05, 0.1) is 0 Å². The maximum absolute atomic E-state index is 4.30. The van der Waals surface area contributed by atoms with Crippen molar-refractivity contribution in [3.63, 3.8) is 0 Å². The Kier molecular flexibility index (Phi) is 7.86. The van der Waals surface area contributed by atoms with E-state index in [0.717, 1.165) is 37.6 Å². The Hall–Kier alpha value is -0.130. The summed E-state index contributed by atoms with van der Waals surface area (Å²) in [6, 6.07) is 0. The first-order valence-electron chi connectivity index (χ1n) is 6.65. The van der Waals surface area contributed by atoms with Crippen molar-refractivity contribution in [2.75, 3.05) is 25.1 Å². The maximum atomic E-state index is 4.30. The average Bonchev–Trinajstić information content (AvgIpc) is 2.77. The molecule has 18 heavy (non-hydrogen) atoms. The van der Waals surface area contributed by atoms with Gasteiger partial charge in [-0.25, -0.2) is 0 Å². The van der Waals surface area contributed by atoms with Crippen molar-refractivity contribution in [1.29, 1.82) is 0 Å². The smallest absolute Gasteiger partial charge is 0.121 e. The molecule has 0 aliphatic rings. The van der Waals surface area contributed by atoms with E-state index in [-0.39, 0.29) is 0 Å². The normalized spacial score (nSPS) is 13.2. The number of hydrogen-bond donors (Lipinski definition) is 1. The fourth-order valence-corrected chi connectivity index (χ4v) is 3.34. The monoisotopic (exact) mass is 287 g/mol. The van der Waals surface area contributed by atoms with E-state index in [2.05, 4.69) is 42.5 Å². The molecule has 104 valence electrons. The molecule has 1 aromatic rings. The van der Waals surface area contributed by atoms with Gasteiger partial charge in [-0.15, -0.1) is 21.5 Å². The Morgan fingerprint density at radius 1 is 1.28 bits per heavy atom. The Labute approximate surface area is 119 Å². The number of hydrogen-bond acceptors (Lipinski definition) is 5. The molecule has 0 saturated heterocycles. The second-order valence-corrected chi connectivity index (χ2v) is 7.10. The van der Waals surface area contributed by atoms with E-state index in [1.807, 2.05) is 11.8 Å². The van der Waals surface area contributed by atoms with Crippen LogP contribution < -0.4 is 5.32 Å². The van der Waals surface area contributed by atoms with Crippen LogP contribution in [0, 0.1) is 5.92 Å². The molecule has 0 saturated carbocycles. The van der Waals surface area contributed by atoms with Crippen LogP contribution in [0.2, 0.25) is 0 Å². The number of nitrogens with one attached hydrogen (secondary N) is 1. The zero-order valence-electron chi connectivity index (χ0n) is 11.9.